The van der Waals surface area contributed by atoms with Crippen LogP contribution in [0.2, 0.25) is 0 Å². The summed E-state index contributed by atoms with van der Waals surface area (Å²) >= 11 is 1.38. The zero-order valence-electron chi connectivity index (χ0n) is 15.3. The number of benzene rings is 1. The lowest BCUT2D eigenvalue weighted by Crippen LogP contribution is -2.51. The third-order valence-corrected chi connectivity index (χ3v) is 7.26. The number of nitrogens with one attached hydrogen (secondary N) is 1. The van der Waals surface area contributed by atoms with E-state index in [1.807, 2.05) is 16.9 Å². The highest BCUT2D eigenvalue weighted by Gasteiger charge is 2.33. The van der Waals surface area contributed by atoms with E-state index < -0.39 is 16.1 Å². The molecule has 152 valence electrons. The van der Waals surface area contributed by atoms with Gasteiger partial charge in [0.15, 0.2) is 0 Å². The summed E-state index contributed by atoms with van der Waals surface area (Å²) in [5, 5.41) is 0. The maximum absolute atomic E-state index is 12.5. The maximum atomic E-state index is 12.5. The minimum atomic E-state index is -4.05. The number of ether oxygens (including phenoxy) is 1. The molecular formula is C17H21N3O6S2. The van der Waals surface area contributed by atoms with Crippen molar-refractivity contribution in [1.29, 1.82) is 0 Å². The third-order valence-electron chi connectivity index (χ3n) is 4.68. The quantitative estimate of drug-likeness (QED) is 0.676. The summed E-state index contributed by atoms with van der Waals surface area (Å²) in [5.74, 6) is -1.55. The van der Waals surface area contributed by atoms with Crippen molar-refractivity contribution in [2.24, 2.45) is 5.92 Å². The van der Waals surface area contributed by atoms with Crippen LogP contribution in [-0.2, 0) is 29.3 Å². The number of fused-ring (bicyclic) bond motifs is 1. The zero-order chi connectivity index (χ0) is 20.3. The van der Waals surface area contributed by atoms with Crippen LogP contribution in [0.1, 0.15) is 12.8 Å². The highest BCUT2D eigenvalue weighted by molar-refractivity contribution is 8.00. The van der Waals surface area contributed by atoms with Crippen LogP contribution in [0.4, 0.5) is 5.69 Å². The second kappa shape index (κ2) is 8.50. The van der Waals surface area contributed by atoms with Gasteiger partial charge in [-0.3, -0.25) is 14.4 Å². The molecule has 2 aliphatic rings. The summed E-state index contributed by atoms with van der Waals surface area (Å²) < 4.78 is 32.8. The first-order chi connectivity index (χ1) is 13.3. The van der Waals surface area contributed by atoms with Gasteiger partial charge in [0.2, 0.25) is 5.91 Å². The third kappa shape index (κ3) is 4.47. The Balaban J connectivity index is 1.62. The maximum Gasteiger partial charge on any atom is 0.308 e. The van der Waals surface area contributed by atoms with Crippen LogP contribution in [0, 0.1) is 5.92 Å². The minimum Gasteiger partial charge on any atom is -0.469 e. The van der Waals surface area contributed by atoms with Gasteiger partial charge in [-0.1, -0.05) is 12.1 Å². The molecule has 0 unspecified atom stereocenters. The summed E-state index contributed by atoms with van der Waals surface area (Å²) in [7, 11) is -2.75. The first kappa shape index (κ1) is 20.6. The van der Waals surface area contributed by atoms with Crippen molar-refractivity contribution in [2.75, 3.05) is 37.4 Å². The SMILES string of the molecule is COC(=O)C1CCN(S(=O)(=O)NC(=O)CN2C(=O)CSc3ccccc32)CC1. The summed E-state index contributed by atoms with van der Waals surface area (Å²) in [5.41, 5.74) is 0.593. The van der Waals surface area contributed by atoms with Gasteiger partial charge in [0.05, 0.1) is 24.5 Å². The van der Waals surface area contributed by atoms with Crippen molar-refractivity contribution in [3.63, 3.8) is 0 Å². The number of carbonyl (C=O) groups is 3. The van der Waals surface area contributed by atoms with Crippen molar-refractivity contribution in [2.45, 2.75) is 17.7 Å². The molecule has 11 heteroatoms. The fourth-order valence-corrected chi connectivity index (χ4v) is 5.32. The average Bonchev–Trinajstić information content (AvgIpc) is 2.69. The number of thioether (sulfide) groups is 1. The van der Waals surface area contributed by atoms with Crippen LogP contribution in [0.3, 0.4) is 0 Å². The summed E-state index contributed by atoms with van der Waals surface area (Å²) in [4.78, 5) is 38.3. The second-order valence-electron chi connectivity index (χ2n) is 6.46. The molecule has 9 nitrogen and oxygen atoms in total. The molecule has 0 spiro atoms. The fourth-order valence-electron chi connectivity index (χ4n) is 3.21. The van der Waals surface area contributed by atoms with Crippen molar-refractivity contribution in [3.8, 4) is 0 Å². The van der Waals surface area contributed by atoms with Crippen molar-refractivity contribution >= 4 is 45.4 Å². The number of rotatable bonds is 5. The lowest BCUT2D eigenvalue weighted by atomic mass is 9.99. The van der Waals surface area contributed by atoms with E-state index in [1.165, 1.54) is 23.8 Å². The molecule has 0 saturated carbocycles. The van der Waals surface area contributed by atoms with Crippen molar-refractivity contribution in [1.82, 2.24) is 9.03 Å². The first-order valence-corrected chi connectivity index (χ1v) is 11.1. The lowest BCUT2D eigenvalue weighted by molar-refractivity contribution is -0.146. The molecule has 3 rings (SSSR count). The molecular weight excluding hydrogens is 406 g/mol. The summed E-state index contributed by atoms with van der Waals surface area (Å²) in [6.45, 7) is -0.150. The summed E-state index contributed by atoms with van der Waals surface area (Å²) in [6, 6.07) is 7.16. The first-order valence-electron chi connectivity index (χ1n) is 8.72. The van der Waals surface area contributed by atoms with E-state index >= 15 is 0 Å². The smallest absolute Gasteiger partial charge is 0.308 e. The molecule has 2 amide bonds. The van der Waals surface area contributed by atoms with Crippen LogP contribution in [0.15, 0.2) is 29.2 Å². The van der Waals surface area contributed by atoms with Gasteiger partial charge in [-0.15, -0.1) is 11.8 Å². The molecule has 2 heterocycles. The van der Waals surface area contributed by atoms with Gasteiger partial charge in [-0.2, -0.15) is 12.7 Å². The van der Waals surface area contributed by atoms with E-state index in [9.17, 15) is 22.8 Å². The highest BCUT2D eigenvalue weighted by Crippen LogP contribution is 2.34. The summed E-state index contributed by atoms with van der Waals surface area (Å²) in [6.07, 6.45) is 0.661. The van der Waals surface area contributed by atoms with E-state index in [1.54, 1.807) is 12.1 Å². The largest absolute Gasteiger partial charge is 0.469 e. The Labute approximate surface area is 167 Å². The number of amides is 2. The van der Waals surface area contributed by atoms with Crippen LogP contribution < -0.4 is 9.62 Å². The van der Waals surface area contributed by atoms with E-state index in [4.69, 9.17) is 0 Å². The molecule has 0 atom stereocenters. The molecule has 1 aromatic carbocycles. The van der Waals surface area contributed by atoms with Gasteiger partial charge in [-0.25, -0.2) is 4.72 Å². The Morgan fingerprint density at radius 1 is 1.25 bits per heavy atom. The van der Waals surface area contributed by atoms with Gasteiger partial charge in [0, 0.05) is 18.0 Å². The second-order valence-corrected chi connectivity index (χ2v) is 9.15. The number of methoxy groups -OCH3 is 1. The Morgan fingerprint density at radius 3 is 2.61 bits per heavy atom. The number of esters is 1. The molecule has 2 aliphatic heterocycles. The van der Waals surface area contributed by atoms with Crippen LogP contribution in [-0.4, -0.2) is 63.0 Å². The van der Waals surface area contributed by atoms with Crippen molar-refractivity contribution < 1.29 is 27.5 Å². The number of nitrogens with zero attached hydrogens (tertiary/aromatic N) is 2. The Hall–Kier alpha value is -2.11. The van der Waals surface area contributed by atoms with E-state index in [0.717, 1.165) is 9.20 Å². The molecule has 0 bridgehead atoms. The van der Waals surface area contributed by atoms with E-state index in [0.29, 0.717) is 18.5 Å². The fraction of sp³-hybridized carbons (Fsp3) is 0.471. The normalized spacial score (nSPS) is 18.5. The molecule has 1 fully saturated rings. The number of hydrogen-bond acceptors (Lipinski definition) is 7. The zero-order valence-corrected chi connectivity index (χ0v) is 16.9. The van der Waals surface area contributed by atoms with Crippen LogP contribution in [0.25, 0.3) is 0 Å². The average molecular weight is 428 g/mol. The predicted octanol–water partition coefficient (Wildman–Crippen LogP) is 0.371. The molecule has 0 aromatic heterocycles. The molecule has 1 aromatic rings. The topological polar surface area (TPSA) is 113 Å². The van der Waals surface area contributed by atoms with Gasteiger partial charge in [-0.05, 0) is 25.0 Å². The van der Waals surface area contributed by atoms with Gasteiger partial charge >= 0.3 is 16.2 Å². The molecule has 28 heavy (non-hydrogen) atoms. The van der Waals surface area contributed by atoms with Crippen molar-refractivity contribution in [3.05, 3.63) is 24.3 Å². The number of para-hydroxylation sites is 1. The number of carbonyl (C=O) groups excluding carboxylic acids is 3. The van der Waals surface area contributed by atoms with E-state index in [-0.39, 0.29) is 43.2 Å². The molecule has 1 saturated heterocycles. The molecule has 0 aliphatic carbocycles. The standard InChI is InChI=1S/C17H21N3O6S2/c1-26-17(23)12-6-8-19(9-7-12)28(24,25)18-15(21)10-20-13-4-2-3-5-14(13)27-11-16(20)22/h2-5,12H,6-11H2,1H3,(H,18,21). The van der Waals surface area contributed by atoms with Gasteiger partial charge < -0.3 is 9.64 Å². The van der Waals surface area contributed by atoms with E-state index in [2.05, 4.69) is 4.74 Å². The monoisotopic (exact) mass is 427 g/mol. The van der Waals surface area contributed by atoms with Gasteiger partial charge in [0.25, 0.3) is 5.91 Å². The number of hydrogen-bond donors (Lipinski definition) is 1. The van der Waals surface area contributed by atoms with Crippen LogP contribution in [0.5, 0.6) is 0 Å². The Kier molecular flexibility index (Phi) is 6.26. The minimum absolute atomic E-state index is 0.116. The molecule has 1 N–H and O–H groups in total. The number of piperidine rings is 1. The van der Waals surface area contributed by atoms with Gasteiger partial charge in [0.1, 0.15) is 6.54 Å². The number of anilines is 1. The predicted molar refractivity (Wildman–Crippen MR) is 103 cm³/mol. The molecule has 0 radical (unpaired) electrons. The highest BCUT2D eigenvalue weighted by atomic mass is 32.2. The lowest BCUT2D eigenvalue weighted by Gasteiger charge is -2.31. The Bertz CT molecular complexity index is 881. The Morgan fingerprint density at radius 2 is 1.93 bits per heavy atom. The van der Waals surface area contributed by atoms with Crippen LogP contribution >= 0.6 is 11.8 Å².